The standard InChI is InChI=1S/C9H10BrNO4S/c1-15-6-3-4-8(10)7(5-6)9(12)11-16(2,13)14/h3-5H,1-2H3,(H,11,12). The molecule has 0 aliphatic heterocycles. The molecule has 1 aromatic carbocycles. The number of carbonyl (C=O) groups excluding carboxylic acids is 1. The molecule has 0 radical (unpaired) electrons. The minimum Gasteiger partial charge on any atom is -0.497 e. The van der Waals surface area contributed by atoms with Crippen molar-refractivity contribution in [3.05, 3.63) is 28.2 Å². The highest BCUT2D eigenvalue weighted by atomic mass is 79.9. The van der Waals surface area contributed by atoms with Crippen molar-refractivity contribution in [2.75, 3.05) is 13.4 Å². The smallest absolute Gasteiger partial charge is 0.265 e. The van der Waals surface area contributed by atoms with Gasteiger partial charge in [-0.25, -0.2) is 13.1 Å². The van der Waals surface area contributed by atoms with E-state index in [0.29, 0.717) is 10.2 Å². The van der Waals surface area contributed by atoms with E-state index in [1.54, 1.807) is 12.1 Å². The Labute approximate surface area is 102 Å². The van der Waals surface area contributed by atoms with E-state index in [0.717, 1.165) is 6.26 Å². The summed E-state index contributed by atoms with van der Waals surface area (Å²) in [6, 6.07) is 4.71. The molecule has 0 aliphatic carbocycles. The van der Waals surface area contributed by atoms with Gasteiger partial charge in [-0.1, -0.05) is 0 Å². The number of methoxy groups -OCH3 is 1. The maximum absolute atomic E-state index is 11.6. The summed E-state index contributed by atoms with van der Waals surface area (Å²) >= 11 is 3.16. The van der Waals surface area contributed by atoms with Crippen LogP contribution in [-0.4, -0.2) is 27.7 Å². The quantitative estimate of drug-likeness (QED) is 0.909. The van der Waals surface area contributed by atoms with Gasteiger partial charge in [0.25, 0.3) is 5.91 Å². The van der Waals surface area contributed by atoms with Gasteiger partial charge in [-0.15, -0.1) is 0 Å². The Morgan fingerprint density at radius 2 is 2.06 bits per heavy atom. The highest BCUT2D eigenvalue weighted by molar-refractivity contribution is 9.10. The van der Waals surface area contributed by atoms with Crippen molar-refractivity contribution in [3.8, 4) is 5.75 Å². The van der Waals surface area contributed by atoms with E-state index >= 15 is 0 Å². The molecular weight excluding hydrogens is 298 g/mol. The molecule has 1 N–H and O–H groups in total. The second-order valence-corrected chi connectivity index (χ2v) is 5.65. The van der Waals surface area contributed by atoms with Crippen LogP contribution in [0.1, 0.15) is 10.4 Å². The zero-order valence-corrected chi connectivity index (χ0v) is 11.1. The largest absolute Gasteiger partial charge is 0.497 e. The summed E-state index contributed by atoms with van der Waals surface area (Å²) in [6.45, 7) is 0. The molecule has 0 fully saturated rings. The molecule has 16 heavy (non-hydrogen) atoms. The third-order valence-corrected chi connectivity index (χ3v) is 2.94. The summed E-state index contributed by atoms with van der Waals surface area (Å²) in [6.07, 6.45) is 0.916. The molecule has 1 aromatic rings. The van der Waals surface area contributed by atoms with Crippen LogP contribution in [0, 0.1) is 0 Å². The molecule has 0 saturated carbocycles. The topological polar surface area (TPSA) is 72.5 Å². The second-order valence-electron chi connectivity index (χ2n) is 3.05. The fourth-order valence-corrected chi connectivity index (χ4v) is 1.90. The zero-order chi connectivity index (χ0) is 12.3. The van der Waals surface area contributed by atoms with Crippen molar-refractivity contribution in [2.24, 2.45) is 0 Å². The van der Waals surface area contributed by atoms with E-state index in [2.05, 4.69) is 15.9 Å². The van der Waals surface area contributed by atoms with Crippen molar-refractivity contribution in [1.82, 2.24) is 4.72 Å². The summed E-state index contributed by atoms with van der Waals surface area (Å²) < 4.78 is 29.1. The van der Waals surface area contributed by atoms with Crippen LogP contribution in [0.25, 0.3) is 0 Å². The highest BCUT2D eigenvalue weighted by Gasteiger charge is 2.14. The van der Waals surface area contributed by atoms with Crippen molar-refractivity contribution < 1.29 is 17.9 Å². The molecule has 1 rings (SSSR count). The molecule has 5 nitrogen and oxygen atoms in total. The van der Waals surface area contributed by atoms with E-state index in [-0.39, 0.29) is 5.56 Å². The van der Waals surface area contributed by atoms with Gasteiger partial charge in [-0.05, 0) is 34.1 Å². The van der Waals surface area contributed by atoms with Gasteiger partial charge in [-0.3, -0.25) is 4.79 Å². The van der Waals surface area contributed by atoms with Crippen LogP contribution in [0.4, 0.5) is 0 Å². The van der Waals surface area contributed by atoms with Gasteiger partial charge in [0.1, 0.15) is 5.75 Å². The first-order valence-electron chi connectivity index (χ1n) is 4.19. The van der Waals surface area contributed by atoms with Crippen molar-refractivity contribution in [3.63, 3.8) is 0 Å². The van der Waals surface area contributed by atoms with Crippen LogP contribution < -0.4 is 9.46 Å². The second kappa shape index (κ2) is 4.84. The summed E-state index contributed by atoms with van der Waals surface area (Å²) in [5, 5.41) is 0. The number of ether oxygens (including phenoxy) is 1. The minimum absolute atomic E-state index is 0.199. The Morgan fingerprint density at radius 3 is 2.56 bits per heavy atom. The molecule has 0 heterocycles. The Kier molecular flexibility index (Phi) is 3.93. The van der Waals surface area contributed by atoms with E-state index < -0.39 is 15.9 Å². The molecule has 7 heteroatoms. The summed E-state index contributed by atoms with van der Waals surface area (Å²) in [4.78, 5) is 11.6. The average Bonchev–Trinajstić information content (AvgIpc) is 2.15. The summed E-state index contributed by atoms with van der Waals surface area (Å²) in [7, 11) is -2.11. The van der Waals surface area contributed by atoms with Gasteiger partial charge < -0.3 is 4.74 Å². The fraction of sp³-hybridized carbons (Fsp3) is 0.222. The van der Waals surface area contributed by atoms with Gasteiger partial charge in [0.2, 0.25) is 10.0 Å². The number of carbonyl (C=O) groups is 1. The van der Waals surface area contributed by atoms with Gasteiger partial charge in [0, 0.05) is 4.47 Å². The molecule has 0 aromatic heterocycles. The number of halogens is 1. The molecule has 0 bridgehead atoms. The molecule has 0 unspecified atom stereocenters. The zero-order valence-electron chi connectivity index (χ0n) is 8.65. The van der Waals surface area contributed by atoms with Crippen molar-refractivity contribution in [1.29, 1.82) is 0 Å². The van der Waals surface area contributed by atoms with Gasteiger partial charge in [-0.2, -0.15) is 0 Å². The normalized spacial score (nSPS) is 10.9. The number of amides is 1. The van der Waals surface area contributed by atoms with E-state index in [4.69, 9.17) is 4.74 Å². The van der Waals surface area contributed by atoms with Crippen LogP contribution in [0.15, 0.2) is 22.7 Å². The lowest BCUT2D eigenvalue weighted by Gasteiger charge is -2.07. The molecule has 88 valence electrons. The predicted molar refractivity (Wildman–Crippen MR) is 63.0 cm³/mol. The first kappa shape index (κ1) is 13.0. The number of benzene rings is 1. The molecule has 0 aliphatic rings. The Morgan fingerprint density at radius 1 is 1.44 bits per heavy atom. The third-order valence-electron chi connectivity index (χ3n) is 1.70. The number of hydrogen-bond donors (Lipinski definition) is 1. The summed E-state index contributed by atoms with van der Waals surface area (Å²) in [5.41, 5.74) is 0.199. The lowest BCUT2D eigenvalue weighted by Crippen LogP contribution is -2.29. The SMILES string of the molecule is COc1ccc(Br)c(C(=O)NS(C)(=O)=O)c1. The lowest BCUT2D eigenvalue weighted by atomic mass is 10.2. The van der Waals surface area contributed by atoms with Gasteiger partial charge in [0.15, 0.2) is 0 Å². The van der Waals surface area contributed by atoms with E-state index in [9.17, 15) is 13.2 Å². The summed E-state index contributed by atoms with van der Waals surface area (Å²) in [5.74, 6) is -0.227. The average molecular weight is 308 g/mol. The first-order chi connectivity index (χ1) is 7.33. The third kappa shape index (κ3) is 3.49. The van der Waals surface area contributed by atoms with Crippen LogP contribution >= 0.6 is 15.9 Å². The number of sulfonamides is 1. The maximum Gasteiger partial charge on any atom is 0.265 e. The van der Waals surface area contributed by atoms with Crippen molar-refractivity contribution in [2.45, 2.75) is 0 Å². The lowest BCUT2D eigenvalue weighted by molar-refractivity contribution is 0.0980. The molecule has 0 saturated heterocycles. The van der Waals surface area contributed by atoms with Crippen LogP contribution in [-0.2, 0) is 10.0 Å². The number of hydrogen-bond acceptors (Lipinski definition) is 4. The maximum atomic E-state index is 11.6. The van der Waals surface area contributed by atoms with E-state index in [1.807, 2.05) is 4.72 Å². The molecule has 0 atom stereocenters. The fourth-order valence-electron chi connectivity index (χ4n) is 1.03. The van der Waals surface area contributed by atoms with Crippen LogP contribution in [0.3, 0.4) is 0 Å². The molecule has 0 spiro atoms. The van der Waals surface area contributed by atoms with Crippen LogP contribution in [0.2, 0.25) is 0 Å². The highest BCUT2D eigenvalue weighted by Crippen LogP contribution is 2.22. The van der Waals surface area contributed by atoms with E-state index in [1.165, 1.54) is 13.2 Å². The van der Waals surface area contributed by atoms with Gasteiger partial charge in [0.05, 0.1) is 18.9 Å². The minimum atomic E-state index is -3.57. The number of nitrogens with one attached hydrogen (secondary N) is 1. The predicted octanol–water partition coefficient (Wildman–Crippen LogP) is 1.15. The van der Waals surface area contributed by atoms with Crippen molar-refractivity contribution >= 4 is 31.9 Å². The van der Waals surface area contributed by atoms with Gasteiger partial charge >= 0.3 is 0 Å². The number of rotatable bonds is 3. The van der Waals surface area contributed by atoms with Crippen LogP contribution in [0.5, 0.6) is 5.75 Å². The Bertz CT molecular complexity index is 512. The Balaban J connectivity index is 3.08. The Hall–Kier alpha value is -1.08. The molecule has 1 amide bonds. The first-order valence-corrected chi connectivity index (χ1v) is 6.87. The monoisotopic (exact) mass is 307 g/mol. The molecular formula is C9H10BrNO4S.